The van der Waals surface area contributed by atoms with Crippen LogP contribution in [-0.4, -0.2) is 23.0 Å². The molecule has 4 N–H and O–H groups in total. The fourth-order valence-corrected chi connectivity index (χ4v) is 2.83. The number of nitrogens with two attached hydrogens (primary N) is 1. The summed E-state index contributed by atoms with van der Waals surface area (Å²) in [5.74, 6) is -1.45. The van der Waals surface area contributed by atoms with Crippen molar-refractivity contribution in [1.29, 1.82) is 0 Å². The molecule has 0 heterocycles. The van der Waals surface area contributed by atoms with Gasteiger partial charge in [-0.25, -0.2) is 4.79 Å². The molecule has 1 amide bonds. The number of nitrogens with one attached hydrogen (secondary N) is 1. The van der Waals surface area contributed by atoms with Gasteiger partial charge >= 0.3 is 5.97 Å². The van der Waals surface area contributed by atoms with E-state index >= 15 is 0 Å². The van der Waals surface area contributed by atoms with E-state index in [0.29, 0.717) is 5.69 Å². The summed E-state index contributed by atoms with van der Waals surface area (Å²) in [7, 11) is 0. The van der Waals surface area contributed by atoms with Gasteiger partial charge in [-0.3, -0.25) is 4.79 Å². The van der Waals surface area contributed by atoms with Gasteiger partial charge in [-0.1, -0.05) is 30.9 Å². The third-order valence-electron chi connectivity index (χ3n) is 4.07. The number of carboxylic acid groups (broad SMARTS) is 1. The van der Waals surface area contributed by atoms with Crippen LogP contribution in [0.15, 0.2) is 18.2 Å². The number of amides is 1. The molecule has 0 bridgehead atoms. The Kier molecular flexibility index (Phi) is 4.96. The minimum absolute atomic E-state index is 0.116. The van der Waals surface area contributed by atoms with Crippen LogP contribution >= 0.6 is 0 Å². The van der Waals surface area contributed by atoms with Gasteiger partial charge in [0.1, 0.15) is 0 Å². The molecule has 0 radical (unpaired) electrons. The van der Waals surface area contributed by atoms with Gasteiger partial charge in [-0.15, -0.1) is 0 Å². The molecule has 114 valence electrons. The highest BCUT2D eigenvalue weighted by atomic mass is 16.4. The van der Waals surface area contributed by atoms with Gasteiger partial charge < -0.3 is 16.2 Å². The first kappa shape index (κ1) is 15.5. The summed E-state index contributed by atoms with van der Waals surface area (Å²) in [4.78, 5) is 23.7. The van der Waals surface area contributed by atoms with Crippen LogP contribution in [-0.2, 0) is 4.79 Å². The highest BCUT2D eigenvalue weighted by Crippen LogP contribution is 2.25. The summed E-state index contributed by atoms with van der Waals surface area (Å²) in [6.07, 6.45) is 4.75. The van der Waals surface area contributed by atoms with Crippen molar-refractivity contribution >= 4 is 17.6 Å². The van der Waals surface area contributed by atoms with Crippen LogP contribution in [0.5, 0.6) is 0 Å². The van der Waals surface area contributed by atoms with Crippen LogP contribution < -0.4 is 11.1 Å². The van der Waals surface area contributed by atoms with E-state index in [1.807, 2.05) is 6.92 Å². The number of anilines is 1. The Morgan fingerprint density at radius 3 is 2.67 bits per heavy atom. The standard InChI is InChI=1S/C16H22N2O3/c1-10-7-8-14(12(9-10)16(20)21)18-15(19)11-5-3-2-4-6-13(11)17/h7-9,11,13H,2-6,17H2,1H3,(H,18,19)(H,20,21). The van der Waals surface area contributed by atoms with Gasteiger partial charge in [0.05, 0.1) is 17.2 Å². The minimum atomic E-state index is -1.04. The molecule has 21 heavy (non-hydrogen) atoms. The first-order valence-electron chi connectivity index (χ1n) is 7.39. The van der Waals surface area contributed by atoms with Gasteiger partial charge in [0.15, 0.2) is 0 Å². The number of rotatable bonds is 3. The van der Waals surface area contributed by atoms with Crippen molar-refractivity contribution in [3.63, 3.8) is 0 Å². The molecule has 0 spiro atoms. The summed E-state index contributed by atoms with van der Waals surface area (Å²) < 4.78 is 0. The summed E-state index contributed by atoms with van der Waals surface area (Å²) in [6, 6.07) is 4.84. The molecular formula is C16H22N2O3. The first-order chi connectivity index (χ1) is 9.99. The van der Waals surface area contributed by atoms with Gasteiger partial charge in [-0.2, -0.15) is 0 Å². The Morgan fingerprint density at radius 1 is 1.24 bits per heavy atom. The van der Waals surface area contributed by atoms with E-state index in [0.717, 1.165) is 37.7 Å². The molecule has 2 rings (SSSR count). The second-order valence-electron chi connectivity index (χ2n) is 5.75. The van der Waals surface area contributed by atoms with Crippen molar-refractivity contribution in [3.8, 4) is 0 Å². The molecule has 0 aliphatic heterocycles. The van der Waals surface area contributed by atoms with Crippen molar-refractivity contribution in [2.24, 2.45) is 11.7 Å². The van der Waals surface area contributed by atoms with Gasteiger partial charge in [-0.05, 0) is 31.9 Å². The summed E-state index contributed by atoms with van der Waals surface area (Å²) >= 11 is 0. The van der Waals surface area contributed by atoms with Crippen LogP contribution in [0.4, 0.5) is 5.69 Å². The third kappa shape index (κ3) is 3.82. The predicted molar refractivity (Wildman–Crippen MR) is 81.3 cm³/mol. The van der Waals surface area contributed by atoms with E-state index < -0.39 is 5.97 Å². The molecule has 1 aromatic rings. The second kappa shape index (κ2) is 6.72. The summed E-state index contributed by atoms with van der Waals surface area (Å²) in [5.41, 5.74) is 7.38. The molecule has 1 fully saturated rings. The van der Waals surface area contributed by atoms with Crippen molar-refractivity contribution in [2.75, 3.05) is 5.32 Å². The van der Waals surface area contributed by atoms with Crippen molar-refractivity contribution in [2.45, 2.75) is 45.1 Å². The Labute approximate surface area is 124 Å². The number of benzene rings is 1. The average Bonchev–Trinajstić information content (AvgIpc) is 2.65. The lowest BCUT2D eigenvalue weighted by molar-refractivity contribution is -0.120. The van der Waals surface area contributed by atoms with Crippen LogP contribution in [0.3, 0.4) is 0 Å². The Hall–Kier alpha value is -1.88. The van der Waals surface area contributed by atoms with E-state index in [1.54, 1.807) is 18.2 Å². The zero-order chi connectivity index (χ0) is 15.4. The minimum Gasteiger partial charge on any atom is -0.478 e. The van der Waals surface area contributed by atoms with Crippen LogP contribution in [0.1, 0.15) is 48.0 Å². The fraction of sp³-hybridized carbons (Fsp3) is 0.500. The zero-order valence-electron chi connectivity index (χ0n) is 12.3. The lowest BCUT2D eigenvalue weighted by Gasteiger charge is -2.21. The smallest absolute Gasteiger partial charge is 0.337 e. The largest absolute Gasteiger partial charge is 0.478 e. The Balaban J connectivity index is 2.17. The maximum Gasteiger partial charge on any atom is 0.337 e. The van der Waals surface area contributed by atoms with E-state index in [-0.39, 0.29) is 23.4 Å². The normalized spacial score (nSPS) is 22.4. The van der Waals surface area contributed by atoms with Crippen molar-refractivity contribution in [1.82, 2.24) is 0 Å². The molecule has 2 unspecified atom stereocenters. The fourth-order valence-electron chi connectivity index (χ4n) is 2.83. The van der Waals surface area contributed by atoms with Crippen LogP contribution in [0.2, 0.25) is 0 Å². The molecule has 1 aromatic carbocycles. The number of hydrogen-bond donors (Lipinski definition) is 3. The highest BCUT2D eigenvalue weighted by molar-refractivity contribution is 6.01. The highest BCUT2D eigenvalue weighted by Gasteiger charge is 2.27. The second-order valence-corrected chi connectivity index (χ2v) is 5.75. The van der Waals surface area contributed by atoms with E-state index in [9.17, 15) is 14.7 Å². The molecule has 2 atom stereocenters. The lowest BCUT2D eigenvalue weighted by Crippen LogP contribution is -2.38. The Bertz CT molecular complexity index is 542. The molecule has 5 heteroatoms. The van der Waals surface area contributed by atoms with Crippen molar-refractivity contribution in [3.05, 3.63) is 29.3 Å². The maximum atomic E-state index is 12.4. The lowest BCUT2D eigenvalue weighted by atomic mass is 9.94. The monoisotopic (exact) mass is 290 g/mol. The number of carboxylic acids is 1. The molecule has 1 saturated carbocycles. The quantitative estimate of drug-likeness (QED) is 0.746. The zero-order valence-corrected chi connectivity index (χ0v) is 12.3. The summed E-state index contributed by atoms with van der Waals surface area (Å²) in [6.45, 7) is 1.82. The van der Waals surface area contributed by atoms with Gasteiger partial charge in [0, 0.05) is 6.04 Å². The molecule has 0 aromatic heterocycles. The number of carbonyl (C=O) groups is 2. The van der Waals surface area contributed by atoms with E-state index in [1.165, 1.54) is 0 Å². The SMILES string of the molecule is Cc1ccc(NC(=O)C2CCCCCC2N)c(C(=O)O)c1. The molecule has 0 saturated heterocycles. The number of hydrogen-bond acceptors (Lipinski definition) is 3. The first-order valence-corrected chi connectivity index (χ1v) is 7.39. The maximum absolute atomic E-state index is 12.4. The topological polar surface area (TPSA) is 92.4 Å². The Morgan fingerprint density at radius 2 is 1.95 bits per heavy atom. The number of aryl methyl sites for hydroxylation is 1. The molecule has 5 nitrogen and oxygen atoms in total. The summed E-state index contributed by atoms with van der Waals surface area (Å²) in [5, 5.41) is 12.0. The van der Waals surface area contributed by atoms with E-state index in [2.05, 4.69) is 5.32 Å². The molecule has 1 aliphatic carbocycles. The third-order valence-corrected chi connectivity index (χ3v) is 4.07. The van der Waals surface area contributed by atoms with Gasteiger partial charge in [0.2, 0.25) is 5.91 Å². The molecular weight excluding hydrogens is 268 g/mol. The van der Waals surface area contributed by atoms with Crippen molar-refractivity contribution < 1.29 is 14.7 Å². The van der Waals surface area contributed by atoms with Crippen LogP contribution in [0.25, 0.3) is 0 Å². The van der Waals surface area contributed by atoms with Gasteiger partial charge in [0.25, 0.3) is 0 Å². The number of aromatic carboxylic acids is 1. The van der Waals surface area contributed by atoms with E-state index in [4.69, 9.17) is 5.73 Å². The predicted octanol–water partition coefficient (Wildman–Crippen LogP) is 2.54. The van der Waals surface area contributed by atoms with Crippen LogP contribution in [0, 0.1) is 12.8 Å². The number of carbonyl (C=O) groups excluding carboxylic acids is 1. The molecule has 1 aliphatic rings. The average molecular weight is 290 g/mol.